The lowest BCUT2D eigenvalue weighted by molar-refractivity contribution is 0.643. The predicted octanol–water partition coefficient (Wildman–Crippen LogP) is 2.14. The van der Waals surface area contributed by atoms with Crippen molar-refractivity contribution in [2.24, 2.45) is 0 Å². The molecule has 5 heteroatoms. The maximum Gasteiger partial charge on any atom is 0.0999 e. The van der Waals surface area contributed by atoms with Crippen LogP contribution < -0.4 is 5.32 Å². The smallest absolute Gasteiger partial charge is 0.0999 e. The van der Waals surface area contributed by atoms with Crippen LogP contribution in [0.3, 0.4) is 0 Å². The van der Waals surface area contributed by atoms with Gasteiger partial charge in [0, 0.05) is 35.5 Å². The predicted molar refractivity (Wildman–Crippen MR) is 67.2 cm³/mol. The fourth-order valence-electron chi connectivity index (χ4n) is 1.87. The van der Waals surface area contributed by atoms with E-state index >= 15 is 0 Å². The minimum atomic E-state index is 0.899. The first kappa shape index (κ1) is 10.4. The zero-order chi connectivity index (χ0) is 11.0. The Morgan fingerprint density at radius 3 is 3.06 bits per heavy atom. The van der Waals surface area contributed by atoms with Crippen LogP contribution in [0.25, 0.3) is 0 Å². The van der Waals surface area contributed by atoms with Gasteiger partial charge < -0.3 is 5.32 Å². The molecule has 0 unspecified atom stereocenters. The summed E-state index contributed by atoms with van der Waals surface area (Å²) in [6.45, 7) is 4.09. The number of nitrogens with zero attached hydrogens (tertiary/aromatic N) is 2. The average Bonchev–Trinajstić information content (AvgIpc) is 2.84. The number of aryl methyl sites for hydroxylation is 1. The van der Waals surface area contributed by atoms with E-state index in [4.69, 9.17) is 4.98 Å². The van der Waals surface area contributed by atoms with Crippen molar-refractivity contribution in [3.63, 3.8) is 0 Å². The molecule has 1 N–H and O–H groups in total. The van der Waals surface area contributed by atoms with Crippen LogP contribution in [0.1, 0.15) is 26.3 Å². The van der Waals surface area contributed by atoms with Crippen LogP contribution in [-0.2, 0) is 19.4 Å². The van der Waals surface area contributed by atoms with Crippen molar-refractivity contribution in [1.82, 2.24) is 15.3 Å². The molecule has 0 spiro atoms. The molecular formula is C11H13N3S2. The standard InChI is InChI=1S/C11H13N3S2/c1-7-6-15-10(13-7)4-11-14-8-2-3-12-5-9(8)16-11/h6,12H,2-5H2,1H3. The zero-order valence-corrected chi connectivity index (χ0v) is 10.7. The molecule has 0 radical (unpaired) electrons. The van der Waals surface area contributed by atoms with Crippen LogP contribution in [0.5, 0.6) is 0 Å². The van der Waals surface area contributed by atoms with E-state index in [1.807, 2.05) is 18.3 Å². The monoisotopic (exact) mass is 251 g/mol. The molecule has 0 aromatic carbocycles. The molecule has 0 saturated heterocycles. The molecule has 3 rings (SSSR count). The van der Waals surface area contributed by atoms with Crippen LogP contribution in [0.15, 0.2) is 5.38 Å². The summed E-state index contributed by atoms with van der Waals surface area (Å²) in [7, 11) is 0. The highest BCUT2D eigenvalue weighted by Crippen LogP contribution is 2.24. The second-order valence-electron chi connectivity index (χ2n) is 3.96. The number of hydrogen-bond donors (Lipinski definition) is 1. The lowest BCUT2D eigenvalue weighted by Crippen LogP contribution is -2.22. The molecule has 1 aliphatic rings. The van der Waals surface area contributed by atoms with E-state index in [1.54, 1.807) is 11.3 Å². The molecule has 1 aliphatic heterocycles. The highest BCUT2D eigenvalue weighted by atomic mass is 32.1. The van der Waals surface area contributed by atoms with Gasteiger partial charge in [-0.15, -0.1) is 22.7 Å². The Balaban J connectivity index is 1.82. The second kappa shape index (κ2) is 4.24. The molecule has 2 aromatic heterocycles. The van der Waals surface area contributed by atoms with Gasteiger partial charge in [0.15, 0.2) is 0 Å². The first-order valence-corrected chi connectivity index (χ1v) is 7.10. The number of fused-ring (bicyclic) bond motifs is 1. The number of thiazole rings is 2. The van der Waals surface area contributed by atoms with Gasteiger partial charge in [-0.05, 0) is 6.92 Å². The van der Waals surface area contributed by atoms with Gasteiger partial charge in [-0.25, -0.2) is 9.97 Å². The fraction of sp³-hybridized carbons (Fsp3) is 0.455. The highest BCUT2D eigenvalue weighted by molar-refractivity contribution is 7.12. The summed E-state index contributed by atoms with van der Waals surface area (Å²) >= 11 is 3.56. The summed E-state index contributed by atoms with van der Waals surface area (Å²) in [5, 5.41) is 7.87. The van der Waals surface area contributed by atoms with Gasteiger partial charge >= 0.3 is 0 Å². The largest absolute Gasteiger partial charge is 0.311 e. The third-order valence-corrected chi connectivity index (χ3v) is 4.68. The lowest BCUT2D eigenvalue weighted by atomic mass is 10.2. The van der Waals surface area contributed by atoms with Crippen molar-refractivity contribution in [2.75, 3.05) is 6.54 Å². The summed E-state index contributed by atoms with van der Waals surface area (Å²) in [5.74, 6) is 0. The minimum Gasteiger partial charge on any atom is -0.311 e. The van der Waals surface area contributed by atoms with E-state index < -0.39 is 0 Å². The molecular weight excluding hydrogens is 238 g/mol. The number of hydrogen-bond acceptors (Lipinski definition) is 5. The number of rotatable bonds is 2. The first-order valence-electron chi connectivity index (χ1n) is 5.40. The SMILES string of the molecule is Cc1csc(Cc2nc3c(s2)CNCC3)n1. The molecule has 3 nitrogen and oxygen atoms in total. The molecule has 0 saturated carbocycles. The average molecular weight is 251 g/mol. The second-order valence-corrected chi connectivity index (χ2v) is 6.07. The van der Waals surface area contributed by atoms with Crippen LogP contribution in [0.2, 0.25) is 0 Å². The topological polar surface area (TPSA) is 37.8 Å². The normalized spacial score (nSPS) is 15.1. The van der Waals surface area contributed by atoms with Crippen LogP contribution in [0, 0.1) is 6.92 Å². The Bertz CT molecular complexity index is 478. The van der Waals surface area contributed by atoms with Gasteiger partial charge in [-0.1, -0.05) is 0 Å². The number of aromatic nitrogens is 2. The first-order chi connectivity index (χ1) is 7.81. The van der Waals surface area contributed by atoms with Crippen LogP contribution in [0.4, 0.5) is 0 Å². The molecule has 0 aliphatic carbocycles. The van der Waals surface area contributed by atoms with E-state index in [1.165, 1.54) is 20.6 Å². The van der Waals surface area contributed by atoms with E-state index in [0.29, 0.717) is 0 Å². The summed E-state index contributed by atoms with van der Waals surface area (Å²) in [5.41, 5.74) is 2.41. The van der Waals surface area contributed by atoms with Gasteiger partial charge in [0.25, 0.3) is 0 Å². The number of nitrogens with one attached hydrogen (secondary N) is 1. The van der Waals surface area contributed by atoms with Crippen molar-refractivity contribution >= 4 is 22.7 Å². The molecule has 3 heterocycles. The van der Waals surface area contributed by atoms with Crippen molar-refractivity contribution < 1.29 is 0 Å². The maximum atomic E-state index is 4.70. The Morgan fingerprint density at radius 2 is 2.31 bits per heavy atom. The Kier molecular flexibility index (Phi) is 2.75. The Labute approximate surface area is 103 Å². The zero-order valence-electron chi connectivity index (χ0n) is 9.12. The van der Waals surface area contributed by atoms with Crippen molar-refractivity contribution in [2.45, 2.75) is 26.3 Å². The quantitative estimate of drug-likeness (QED) is 0.888. The van der Waals surface area contributed by atoms with Crippen molar-refractivity contribution in [3.05, 3.63) is 31.7 Å². The van der Waals surface area contributed by atoms with Crippen LogP contribution >= 0.6 is 22.7 Å². The lowest BCUT2D eigenvalue weighted by Gasteiger charge is -2.09. The molecule has 0 bridgehead atoms. The van der Waals surface area contributed by atoms with Crippen LogP contribution in [-0.4, -0.2) is 16.5 Å². The maximum absolute atomic E-state index is 4.70. The fourth-order valence-corrected chi connectivity index (χ4v) is 3.82. The molecule has 84 valence electrons. The third kappa shape index (κ3) is 2.03. The van der Waals surface area contributed by atoms with Crippen molar-refractivity contribution in [3.8, 4) is 0 Å². The minimum absolute atomic E-state index is 0.899. The van der Waals surface area contributed by atoms with Crippen molar-refractivity contribution in [1.29, 1.82) is 0 Å². The summed E-state index contributed by atoms with van der Waals surface area (Å²) < 4.78 is 0. The molecule has 2 aromatic rings. The summed E-state index contributed by atoms with van der Waals surface area (Å²) in [6, 6.07) is 0. The van der Waals surface area contributed by atoms with E-state index in [-0.39, 0.29) is 0 Å². The molecule has 0 atom stereocenters. The summed E-state index contributed by atoms with van der Waals surface area (Å²) in [6.07, 6.45) is 1.97. The van der Waals surface area contributed by atoms with E-state index in [2.05, 4.69) is 15.7 Å². The molecule has 0 fully saturated rings. The van der Waals surface area contributed by atoms with Gasteiger partial charge in [-0.2, -0.15) is 0 Å². The Morgan fingerprint density at radius 1 is 1.38 bits per heavy atom. The molecule has 16 heavy (non-hydrogen) atoms. The van der Waals surface area contributed by atoms with Gasteiger partial charge in [0.05, 0.1) is 22.1 Å². The highest BCUT2D eigenvalue weighted by Gasteiger charge is 2.15. The van der Waals surface area contributed by atoms with Gasteiger partial charge in [-0.3, -0.25) is 0 Å². The van der Waals surface area contributed by atoms with E-state index in [9.17, 15) is 0 Å². The van der Waals surface area contributed by atoms with Gasteiger partial charge in [0.2, 0.25) is 0 Å². The third-order valence-electron chi connectivity index (χ3n) is 2.62. The van der Waals surface area contributed by atoms with E-state index in [0.717, 1.165) is 31.6 Å². The Hall–Kier alpha value is -0.780. The molecule has 0 amide bonds. The summed E-state index contributed by atoms with van der Waals surface area (Å²) in [4.78, 5) is 10.6. The van der Waals surface area contributed by atoms with Gasteiger partial charge in [0.1, 0.15) is 0 Å².